The van der Waals surface area contributed by atoms with E-state index in [9.17, 15) is 0 Å². The first-order valence-corrected chi connectivity index (χ1v) is 31.6. The van der Waals surface area contributed by atoms with Crippen LogP contribution >= 0.6 is 0 Å². The highest BCUT2D eigenvalue weighted by atomic mass is 15.2. The molecular formula is C85H56N6. The van der Waals surface area contributed by atoms with Crippen LogP contribution in [0.15, 0.2) is 309 Å². The Morgan fingerprint density at radius 2 is 0.670 bits per heavy atom. The molecular weight excluding hydrogens is 1100 g/mol. The summed E-state index contributed by atoms with van der Waals surface area (Å²) in [5.74, 6) is 3.42. The molecule has 4 aromatic heterocycles. The molecule has 1 atom stereocenters. The van der Waals surface area contributed by atoms with Gasteiger partial charge >= 0.3 is 0 Å². The maximum absolute atomic E-state index is 5.02. The predicted octanol–water partition coefficient (Wildman–Crippen LogP) is 20.9. The monoisotopic (exact) mass is 1160 g/mol. The van der Waals surface area contributed by atoms with Crippen molar-refractivity contribution in [3.63, 3.8) is 0 Å². The van der Waals surface area contributed by atoms with Gasteiger partial charge in [-0.05, 0) is 230 Å². The molecule has 5 aliphatic carbocycles. The third-order valence-electron chi connectivity index (χ3n) is 20.3. The number of fused-ring (bicyclic) bond motifs is 21. The van der Waals surface area contributed by atoms with Gasteiger partial charge in [-0.2, -0.15) is 0 Å². The summed E-state index contributed by atoms with van der Waals surface area (Å²) in [6.07, 6.45) is 13.3. The molecule has 2 spiro atoms. The first-order valence-electron chi connectivity index (χ1n) is 31.6. The Kier molecular flexibility index (Phi) is 11.1. The number of benzene rings is 10. The van der Waals surface area contributed by atoms with E-state index < -0.39 is 10.8 Å². The standard InChI is InChI=1S/C85H56N6/c1-53-21-20-32-74-81(53)66-42-38-55(50-76(66)85(74)72-30-10-4-24-60(72)61-25-5-11-31-73(61)85)83-65-44-40-56(90(77-33-12-16-45-86-77)78-34-13-17-46-87-78)51-67(65)82(64-43-39-57(52-68(64)83)91(79-35-14-18-47-88-79)80-36-15-19-48-89-80)54-37-41-63-62-26-6-9-29-71(62)84(75(63)49-54)69-27-7-2-22-58(69)59-23-3-8-28-70(59)84/h2-20,22-53H,21H2,1H3. The number of rotatable bonds is 8. The van der Waals surface area contributed by atoms with Crippen molar-refractivity contribution in [1.29, 1.82) is 0 Å². The molecule has 1 unspecified atom stereocenters. The number of allylic oxidation sites excluding steroid dienone is 4. The van der Waals surface area contributed by atoms with Crippen molar-refractivity contribution in [2.75, 3.05) is 9.80 Å². The van der Waals surface area contributed by atoms with Crippen molar-refractivity contribution >= 4 is 61.8 Å². The molecule has 426 valence electrons. The van der Waals surface area contributed by atoms with Crippen LogP contribution in [-0.2, 0) is 10.8 Å². The predicted molar refractivity (Wildman–Crippen MR) is 371 cm³/mol. The fourth-order valence-corrected chi connectivity index (χ4v) is 16.9. The Bertz CT molecular complexity index is 5230. The van der Waals surface area contributed by atoms with Gasteiger partial charge in [-0.3, -0.25) is 9.80 Å². The van der Waals surface area contributed by atoms with E-state index in [-0.39, 0.29) is 0 Å². The van der Waals surface area contributed by atoms with Gasteiger partial charge in [0.2, 0.25) is 0 Å². The molecule has 0 saturated heterocycles. The molecule has 0 fully saturated rings. The Morgan fingerprint density at radius 1 is 0.319 bits per heavy atom. The molecule has 4 heterocycles. The molecule has 5 aliphatic rings. The Balaban J connectivity index is 0.951. The Hall–Kier alpha value is -11.6. The molecule has 0 bridgehead atoms. The van der Waals surface area contributed by atoms with Crippen LogP contribution in [0.25, 0.3) is 82.8 Å². The van der Waals surface area contributed by atoms with Gasteiger partial charge in [-0.15, -0.1) is 0 Å². The smallest absolute Gasteiger partial charge is 0.138 e. The fraction of sp³-hybridized carbons (Fsp3) is 0.0588. The van der Waals surface area contributed by atoms with E-state index in [2.05, 4.69) is 272 Å². The van der Waals surface area contributed by atoms with Crippen molar-refractivity contribution < 1.29 is 0 Å². The summed E-state index contributed by atoms with van der Waals surface area (Å²) in [7, 11) is 0. The lowest BCUT2D eigenvalue weighted by molar-refractivity contribution is 0.731. The summed E-state index contributed by atoms with van der Waals surface area (Å²) < 4.78 is 0. The Labute approximate surface area is 528 Å². The van der Waals surface area contributed by atoms with E-state index in [1.807, 2.05) is 49.1 Å². The van der Waals surface area contributed by atoms with Crippen molar-refractivity contribution in [2.24, 2.45) is 5.92 Å². The summed E-state index contributed by atoms with van der Waals surface area (Å²) in [6, 6.07) is 98.9. The molecule has 0 N–H and O–H groups in total. The minimum Gasteiger partial charge on any atom is -0.279 e. The highest BCUT2D eigenvalue weighted by Gasteiger charge is 2.54. The first kappa shape index (κ1) is 51.4. The first-order chi connectivity index (χ1) is 45.1. The van der Waals surface area contributed by atoms with E-state index in [4.69, 9.17) is 19.9 Å². The molecule has 0 radical (unpaired) electrons. The minimum atomic E-state index is -0.558. The van der Waals surface area contributed by atoms with E-state index >= 15 is 0 Å². The number of anilines is 6. The van der Waals surface area contributed by atoms with Gasteiger partial charge < -0.3 is 0 Å². The lowest BCUT2D eigenvalue weighted by Crippen LogP contribution is -2.27. The number of aromatic nitrogens is 4. The second kappa shape index (κ2) is 19.7. The third-order valence-corrected chi connectivity index (χ3v) is 20.3. The topological polar surface area (TPSA) is 58.0 Å². The van der Waals surface area contributed by atoms with E-state index in [0.717, 1.165) is 84.9 Å². The number of hydrogen-bond donors (Lipinski definition) is 0. The molecule has 0 saturated carbocycles. The highest BCUT2D eigenvalue weighted by Crippen LogP contribution is 2.66. The molecule has 14 aromatic rings. The number of hydrogen-bond acceptors (Lipinski definition) is 6. The maximum atomic E-state index is 5.02. The SMILES string of the molecule is CC1CC=CC2=C1c1ccc(-c3c4ccc(N(c5ccccn5)c5ccccn5)cc4c(-c4ccc5c(c4)C4(c6ccccc6-c6ccccc64)c4ccccc4-5)c4ccc(N(c5ccccn5)c5ccccn5)cc34)cc1C21c2ccccc2-c2ccccc21. The van der Waals surface area contributed by atoms with Crippen LogP contribution in [0.5, 0.6) is 0 Å². The summed E-state index contributed by atoms with van der Waals surface area (Å²) in [5, 5.41) is 4.45. The lowest BCUT2D eigenvalue weighted by atomic mass is 9.68. The molecule has 6 heteroatoms. The van der Waals surface area contributed by atoms with Crippen LogP contribution in [0, 0.1) is 5.92 Å². The average Bonchev–Trinajstić information content (AvgIpc) is 1.54. The minimum absolute atomic E-state index is 0.335. The van der Waals surface area contributed by atoms with Crippen molar-refractivity contribution in [3.8, 4) is 55.6 Å². The van der Waals surface area contributed by atoms with Crippen molar-refractivity contribution in [3.05, 3.63) is 354 Å². The molecule has 91 heavy (non-hydrogen) atoms. The highest BCUT2D eigenvalue weighted by molar-refractivity contribution is 6.23. The normalized spacial score (nSPS) is 15.2. The summed E-state index contributed by atoms with van der Waals surface area (Å²) >= 11 is 0. The van der Waals surface area contributed by atoms with Gasteiger partial charge in [0, 0.05) is 36.2 Å². The molecule has 6 nitrogen and oxygen atoms in total. The van der Waals surface area contributed by atoms with Crippen LogP contribution in [0.4, 0.5) is 34.6 Å². The maximum Gasteiger partial charge on any atom is 0.138 e. The second-order valence-electron chi connectivity index (χ2n) is 24.7. The summed E-state index contributed by atoms with van der Waals surface area (Å²) in [6.45, 7) is 2.42. The quantitative estimate of drug-likeness (QED) is 0.141. The van der Waals surface area contributed by atoms with Crippen LogP contribution in [0.3, 0.4) is 0 Å². The molecule has 10 aromatic carbocycles. The third kappa shape index (κ3) is 7.13. The van der Waals surface area contributed by atoms with Gasteiger partial charge in [-0.1, -0.05) is 201 Å². The molecule has 0 amide bonds. The lowest BCUT2D eigenvalue weighted by Gasteiger charge is -2.33. The second-order valence-corrected chi connectivity index (χ2v) is 24.7. The molecule has 0 aliphatic heterocycles. The van der Waals surface area contributed by atoms with Gasteiger partial charge in [0.15, 0.2) is 0 Å². The molecule has 19 rings (SSSR count). The summed E-state index contributed by atoms with van der Waals surface area (Å²) in [5.41, 5.74) is 26.4. The summed E-state index contributed by atoms with van der Waals surface area (Å²) in [4.78, 5) is 24.5. The van der Waals surface area contributed by atoms with Gasteiger partial charge in [0.1, 0.15) is 23.3 Å². The van der Waals surface area contributed by atoms with Crippen LogP contribution in [0.2, 0.25) is 0 Å². The van der Waals surface area contributed by atoms with Crippen LogP contribution in [-0.4, -0.2) is 19.9 Å². The largest absolute Gasteiger partial charge is 0.279 e. The van der Waals surface area contributed by atoms with Crippen molar-refractivity contribution in [2.45, 2.75) is 24.2 Å². The van der Waals surface area contributed by atoms with Gasteiger partial charge in [-0.25, -0.2) is 19.9 Å². The zero-order valence-electron chi connectivity index (χ0n) is 49.8. The van der Waals surface area contributed by atoms with Crippen LogP contribution in [0.1, 0.15) is 57.9 Å². The van der Waals surface area contributed by atoms with Gasteiger partial charge in [0.05, 0.1) is 10.8 Å². The van der Waals surface area contributed by atoms with Crippen molar-refractivity contribution in [1.82, 2.24) is 19.9 Å². The average molecular weight is 1160 g/mol. The fourth-order valence-electron chi connectivity index (χ4n) is 16.9. The van der Waals surface area contributed by atoms with Crippen LogP contribution < -0.4 is 9.80 Å². The van der Waals surface area contributed by atoms with E-state index in [1.165, 1.54) is 89.0 Å². The van der Waals surface area contributed by atoms with Gasteiger partial charge in [0.25, 0.3) is 0 Å². The van der Waals surface area contributed by atoms with E-state index in [1.54, 1.807) is 0 Å². The number of nitrogens with zero attached hydrogens (tertiary/aromatic N) is 6. The number of pyridine rings is 4. The van der Waals surface area contributed by atoms with E-state index in [0.29, 0.717) is 5.92 Å². The Morgan fingerprint density at radius 3 is 1.07 bits per heavy atom. The zero-order valence-corrected chi connectivity index (χ0v) is 49.8. The zero-order chi connectivity index (χ0) is 59.9.